The van der Waals surface area contributed by atoms with Crippen molar-refractivity contribution in [2.75, 3.05) is 25.5 Å². The lowest BCUT2D eigenvalue weighted by Crippen LogP contribution is -2.37. The van der Waals surface area contributed by atoms with Crippen LogP contribution in [0.25, 0.3) is 0 Å². The zero-order valence-corrected chi connectivity index (χ0v) is 16.2. The average Bonchev–Trinajstić information content (AvgIpc) is 2.65. The van der Waals surface area contributed by atoms with Gasteiger partial charge in [-0.1, -0.05) is 35.3 Å². The van der Waals surface area contributed by atoms with E-state index in [1.165, 1.54) is 5.56 Å². The summed E-state index contributed by atoms with van der Waals surface area (Å²) in [4.78, 5) is 14.9. The Hall–Kier alpha value is -1.75. The number of benzene rings is 2. The third kappa shape index (κ3) is 4.91. The molecule has 6 heteroatoms. The maximum absolute atomic E-state index is 12.5. The molecule has 0 aliphatic carbocycles. The second-order valence-electron chi connectivity index (χ2n) is 6.52. The molecule has 0 saturated carbocycles. The molecule has 0 radical (unpaired) electrons. The topological polar surface area (TPSA) is 41.6 Å². The van der Waals surface area contributed by atoms with Gasteiger partial charge in [0.2, 0.25) is 5.91 Å². The van der Waals surface area contributed by atoms with E-state index in [0.717, 1.165) is 38.2 Å². The number of hydrogen-bond acceptors (Lipinski definition) is 3. The van der Waals surface area contributed by atoms with Crippen LogP contribution in [-0.2, 0) is 11.3 Å². The quantitative estimate of drug-likeness (QED) is 0.790. The minimum atomic E-state index is -0.00777. The molecule has 0 bridgehead atoms. The van der Waals surface area contributed by atoms with Crippen LogP contribution in [0.5, 0.6) is 5.75 Å². The molecule has 26 heavy (non-hydrogen) atoms. The number of ether oxygens (including phenoxy) is 1. The standard InChI is InChI=1S/C20H22Cl2N2O2/c1-26-17-4-2-3-14(11-17)13-24-9-7-15(8-10-24)20(25)23-19-12-16(21)5-6-18(19)22/h2-6,11-12,15H,7-10,13H2,1H3,(H,23,25). The number of carbonyl (C=O) groups is 1. The first-order valence-electron chi connectivity index (χ1n) is 8.66. The summed E-state index contributed by atoms with van der Waals surface area (Å²) in [6.07, 6.45) is 1.65. The number of nitrogens with one attached hydrogen (secondary N) is 1. The molecule has 1 fully saturated rings. The van der Waals surface area contributed by atoms with Gasteiger partial charge in [0.05, 0.1) is 17.8 Å². The second-order valence-corrected chi connectivity index (χ2v) is 7.36. The Morgan fingerprint density at radius 3 is 2.69 bits per heavy atom. The average molecular weight is 393 g/mol. The molecular formula is C20H22Cl2N2O2. The summed E-state index contributed by atoms with van der Waals surface area (Å²) in [5, 5.41) is 3.96. The molecule has 1 saturated heterocycles. The number of likely N-dealkylation sites (tertiary alicyclic amines) is 1. The summed E-state index contributed by atoms with van der Waals surface area (Å²) in [5.41, 5.74) is 1.79. The highest BCUT2D eigenvalue weighted by atomic mass is 35.5. The maximum Gasteiger partial charge on any atom is 0.227 e. The van der Waals surface area contributed by atoms with Crippen molar-refractivity contribution in [3.8, 4) is 5.75 Å². The smallest absolute Gasteiger partial charge is 0.227 e. The van der Waals surface area contributed by atoms with Crippen molar-refractivity contribution < 1.29 is 9.53 Å². The van der Waals surface area contributed by atoms with Crippen LogP contribution < -0.4 is 10.1 Å². The van der Waals surface area contributed by atoms with Gasteiger partial charge < -0.3 is 10.1 Å². The monoisotopic (exact) mass is 392 g/mol. The van der Waals surface area contributed by atoms with Gasteiger partial charge in [-0.15, -0.1) is 0 Å². The summed E-state index contributed by atoms with van der Waals surface area (Å²) < 4.78 is 5.28. The zero-order valence-electron chi connectivity index (χ0n) is 14.7. The number of hydrogen-bond donors (Lipinski definition) is 1. The first kappa shape index (κ1) is 19.0. The first-order valence-corrected chi connectivity index (χ1v) is 9.42. The number of carbonyl (C=O) groups excluding carboxylic acids is 1. The van der Waals surface area contributed by atoms with Crippen molar-refractivity contribution in [2.45, 2.75) is 19.4 Å². The molecule has 1 aliphatic rings. The van der Waals surface area contributed by atoms with E-state index in [-0.39, 0.29) is 11.8 Å². The van der Waals surface area contributed by atoms with E-state index in [1.54, 1.807) is 25.3 Å². The van der Waals surface area contributed by atoms with E-state index in [0.29, 0.717) is 15.7 Å². The first-order chi connectivity index (χ1) is 12.5. The highest BCUT2D eigenvalue weighted by Gasteiger charge is 2.25. The Morgan fingerprint density at radius 1 is 1.19 bits per heavy atom. The number of rotatable bonds is 5. The molecule has 2 aromatic rings. The fraction of sp³-hybridized carbons (Fsp3) is 0.350. The molecular weight excluding hydrogens is 371 g/mol. The van der Waals surface area contributed by atoms with Gasteiger partial charge in [-0.05, 0) is 61.8 Å². The molecule has 1 amide bonds. The fourth-order valence-electron chi connectivity index (χ4n) is 3.21. The lowest BCUT2D eigenvalue weighted by atomic mass is 9.95. The molecule has 0 aromatic heterocycles. The Balaban J connectivity index is 1.52. The van der Waals surface area contributed by atoms with Crippen molar-refractivity contribution in [3.05, 3.63) is 58.1 Å². The van der Waals surface area contributed by atoms with Crippen LogP contribution in [0.2, 0.25) is 10.0 Å². The highest BCUT2D eigenvalue weighted by Crippen LogP contribution is 2.27. The largest absolute Gasteiger partial charge is 0.497 e. The molecule has 1 heterocycles. The Kier molecular flexibility index (Phi) is 6.41. The highest BCUT2D eigenvalue weighted by molar-refractivity contribution is 6.35. The third-order valence-electron chi connectivity index (χ3n) is 4.68. The molecule has 1 aliphatic heterocycles. The normalized spacial score (nSPS) is 15.7. The SMILES string of the molecule is COc1cccc(CN2CCC(C(=O)Nc3cc(Cl)ccc3Cl)CC2)c1. The van der Waals surface area contributed by atoms with Crippen LogP contribution >= 0.6 is 23.2 Å². The van der Waals surface area contributed by atoms with E-state index in [1.807, 2.05) is 12.1 Å². The minimum Gasteiger partial charge on any atom is -0.497 e. The van der Waals surface area contributed by atoms with Gasteiger partial charge in [-0.25, -0.2) is 0 Å². The van der Waals surface area contributed by atoms with Crippen molar-refractivity contribution in [1.82, 2.24) is 4.90 Å². The van der Waals surface area contributed by atoms with Crippen LogP contribution in [-0.4, -0.2) is 31.0 Å². The second kappa shape index (κ2) is 8.76. The van der Waals surface area contributed by atoms with Crippen LogP contribution in [0.3, 0.4) is 0 Å². The van der Waals surface area contributed by atoms with Gasteiger partial charge in [0.1, 0.15) is 5.75 Å². The number of anilines is 1. The summed E-state index contributed by atoms with van der Waals surface area (Å²) in [6.45, 7) is 2.64. The van der Waals surface area contributed by atoms with Crippen LogP contribution in [0.4, 0.5) is 5.69 Å². The molecule has 0 unspecified atom stereocenters. The van der Waals surface area contributed by atoms with Gasteiger partial charge in [0, 0.05) is 17.5 Å². The molecule has 0 atom stereocenters. The summed E-state index contributed by atoms with van der Waals surface area (Å²) >= 11 is 12.1. The number of methoxy groups -OCH3 is 1. The molecule has 2 aromatic carbocycles. The summed E-state index contributed by atoms with van der Waals surface area (Å²) in [6, 6.07) is 13.2. The van der Waals surface area contributed by atoms with Crippen molar-refractivity contribution in [2.24, 2.45) is 5.92 Å². The number of nitrogens with zero attached hydrogens (tertiary/aromatic N) is 1. The van der Waals surface area contributed by atoms with E-state index < -0.39 is 0 Å². The summed E-state index contributed by atoms with van der Waals surface area (Å²) in [7, 11) is 1.68. The molecule has 0 spiro atoms. The van der Waals surface area contributed by atoms with Crippen molar-refractivity contribution in [1.29, 1.82) is 0 Å². The van der Waals surface area contributed by atoms with Gasteiger partial charge >= 0.3 is 0 Å². The van der Waals surface area contributed by atoms with Gasteiger partial charge in [0.25, 0.3) is 0 Å². The van der Waals surface area contributed by atoms with Gasteiger partial charge in [-0.3, -0.25) is 9.69 Å². The molecule has 4 nitrogen and oxygen atoms in total. The third-order valence-corrected chi connectivity index (χ3v) is 5.25. The number of amides is 1. The Morgan fingerprint density at radius 2 is 1.96 bits per heavy atom. The van der Waals surface area contributed by atoms with Crippen molar-refractivity contribution >= 4 is 34.8 Å². The van der Waals surface area contributed by atoms with Gasteiger partial charge in [0.15, 0.2) is 0 Å². The number of halogens is 2. The van der Waals surface area contributed by atoms with E-state index in [2.05, 4.69) is 22.3 Å². The maximum atomic E-state index is 12.5. The molecule has 1 N–H and O–H groups in total. The Bertz CT molecular complexity index is 774. The van der Waals surface area contributed by atoms with E-state index in [9.17, 15) is 4.79 Å². The predicted octanol–water partition coefficient (Wildman–Crippen LogP) is 4.85. The van der Waals surface area contributed by atoms with E-state index in [4.69, 9.17) is 27.9 Å². The fourth-order valence-corrected chi connectivity index (χ4v) is 3.55. The molecule has 3 rings (SSSR count). The molecule has 138 valence electrons. The predicted molar refractivity (Wildman–Crippen MR) is 106 cm³/mol. The Labute approximate surface area is 164 Å². The lowest BCUT2D eigenvalue weighted by Gasteiger charge is -2.31. The number of piperidine rings is 1. The van der Waals surface area contributed by atoms with Crippen molar-refractivity contribution in [3.63, 3.8) is 0 Å². The van der Waals surface area contributed by atoms with E-state index >= 15 is 0 Å². The zero-order chi connectivity index (χ0) is 18.5. The summed E-state index contributed by atoms with van der Waals surface area (Å²) in [5.74, 6) is 0.872. The van der Waals surface area contributed by atoms with Gasteiger partial charge in [-0.2, -0.15) is 0 Å². The minimum absolute atomic E-state index is 0.00777. The van der Waals surface area contributed by atoms with Crippen LogP contribution in [0, 0.1) is 5.92 Å². The lowest BCUT2D eigenvalue weighted by molar-refractivity contribution is -0.121. The van der Waals surface area contributed by atoms with Crippen LogP contribution in [0.1, 0.15) is 18.4 Å². The van der Waals surface area contributed by atoms with Crippen LogP contribution in [0.15, 0.2) is 42.5 Å².